The quantitative estimate of drug-likeness (QED) is 0.306. The van der Waals surface area contributed by atoms with Gasteiger partial charge in [-0.25, -0.2) is 0 Å². The van der Waals surface area contributed by atoms with Crippen molar-refractivity contribution >= 4 is 33.1 Å². The van der Waals surface area contributed by atoms with Crippen LogP contribution in [-0.2, 0) is 5.41 Å². The van der Waals surface area contributed by atoms with Gasteiger partial charge < -0.3 is 0 Å². The topological polar surface area (TPSA) is 0 Å². The van der Waals surface area contributed by atoms with Crippen molar-refractivity contribution in [2.24, 2.45) is 0 Å². The Kier molecular flexibility index (Phi) is 2.71. The molecule has 1 heteroatoms. The van der Waals surface area contributed by atoms with Crippen LogP contribution in [0.25, 0.3) is 32.7 Å². The second-order valence-electron chi connectivity index (χ2n) is 7.22. The van der Waals surface area contributed by atoms with Gasteiger partial charge in [-0.15, -0.1) is 0 Å². The number of hydrogen-bond acceptors (Lipinski definition) is 0. The minimum atomic E-state index is 0.0507. The molecule has 0 aromatic heterocycles. The summed E-state index contributed by atoms with van der Waals surface area (Å²) in [6.45, 7) is 4.65. The number of fused-ring (bicyclic) bond motifs is 6. The van der Waals surface area contributed by atoms with E-state index in [-0.39, 0.29) is 5.41 Å². The standard InChI is InChI=1S/C23H17Cl/c1-23(2)21-6-4-3-5-18(21)20-13-19-15(12-22(20)23)8-7-14-11-16(24)9-10-17(14)19/h3-13H,1-2H3. The lowest BCUT2D eigenvalue weighted by Crippen LogP contribution is -2.14. The Morgan fingerprint density at radius 1 is 0.667 bits per heavy atom. The maximum atomic E-state index is 6.17. The first kappa shape index (κ1) is 14.1. The molecule has 0 fully saturated rings. The summed E-state index contributed by atoms with van der Waals surface area (Å²) in [6, 6.07) is 24.1. The van der Waals surface area contributed by atoms with E-state index in [2.05, 4.69) is 68.4 Å². The van der Waals surface area contributed by atoms with Crippen LogP contribution in [0.1, 0.15) is 25.0 Å². The summed E-state index contributed by atoms with van der Waals surface area (Å²) in [7, 11) is 0. The Balaban J connectivity index is 1.93. The molecule has 0 radical (unpaired) electrons. The minimum Gasteiger partial charge on any atom is -0.0843 e. The van der Waals surface area contributed by atoms with Crippen LogP contribution in [0.2, 0.25) is 5.02 Å². The van der Waals surface area contributed by atoms with Gasteiger partial charge >= 0.3 is 0 Å². The van der Waals surface area contributed by atoms with Crippen LogP contribution in [0.4, 0.5) is 0 Å². The smallest absolute Gasteiger partial charge is 0.0412 e. The van der Waals surface area contributed by atoms with E-state index in [1.165, 1.54) is 43.8 Å². The average molecular weight is 329 g/mol. The van der Waals surface area contributed by atoms with E-state index < -0.39 is 0 Å². The molecule has 0 heterocycles. The molecule has 0 nitrogen and oxygen atoms in total. The zero-order valence-corrected chi connectivity index (χ0v) is 14.5. The highest BCUT2D eigenvalue weighted by Gasteiger charge is 2.35. The summed E-state index contributed by atoms with van der Waals surface area (Å²) in [6.07, 6.45) is 0. The molecule has 24 heavy (non-hydrogen) atoms. The Labute approximate surface area is 146 Å². The number of benzene rings is 4. The van der Waals surface area contributed by atoms with E-state index in [9.17, 15) is 0 Å². The van der Waals surface area contributed by atoms with Crippen molar-refractivity contribution in [3.05, 3.63) is 82.9 Å². The van der Waals surface area contributed by atoms with Gasteiger partial charge in [0.25, 0.3) is 0 Å². The van der Waals surface area contributed by atoms with Gasteiger partial charge in [0, 0.05) is 10.4 Å². The highest BCUT2D eigenvalue weighted by Crippen LogP contribution is 2.50. The summed E-state index contributed by atoms with van der Waals surface area (Å²) < 4.78 is 0. The van der Waals surface area contributed by atoms with Crippen molar-refractivity contribution in [2.75, 3.05) is 0 Å². The van der Waals surface area contributed by atoms with Crippen LogP contribution in [0, 0.1) is 0 Å². The van der Waals surface area contributed by atoms with Gasteiger partial charge in [0.1, 0.15) is 0 Å². The van der Waals surface area contributed by atoms with E-state index in [0.29, 0.717) is 0 Å². The van der Waals surface area contributed by atoms with Crippen LogP contribution < -0.4 is 0 Å². The van der Waals surface area contributed by atoms with Gasteiger partial charge in [0.15, 0.2) is 0 Å². The molecule has 0 N–H and O–H groups in total. The summed E-state index contributed by atoms with van der Waals surface area (Å²) in [5, 5.41) is 5.84. The predicted octanol–water partition coefficient (Wildman–Crippen LogP) is 6.95. The number of hydrogen-bond donors (Lipinski definition) is 0. The molecular weight excluding hydrogens is 312 g/mol. The largest absolute Gasteiger partial charge is 0.0843 e. The first-order valence-corrected chi connectivity index (χ1v) is 8.70. The lowest BCUT2D eigenvalue weighted by atomic mass is 9.82. The minimum absolute atomic E-state index is 0.0507. The van der Waals surface area contributed by atoms with Crippen molar-refractivity contribution in [2.45, 2.75) is 19.3 Å². The average Bonchev–Trinajstić information content (AvgIpc) is 2.81. The first-order chi connectivity index (χ1) is 11.6. The van der Waals surface area contributed by atoms with Crippen molar-refractivity contribution in [1.29, 1.82) is 0 Å². The predicted molar refractivity (Wildman–Crippen MR) is 104 cm³/mol. The Bertz CT molecular complexity index is 1140. The van der Waals surface area contributed by atoms with Crippen molar-refractivity contribution in [1.82, 2.24) is 0 Å². The lowest BCUT2D eigenvalue weighted by molar-refractivity contribution is 0.661. The fourth-order valence-electron chi connectivity index (χ4n) is 4.23. The van der Waals surface area contributed by atoms with Crippen molar-refractivity contribution in [3.63, 3.8) is 0 Å². The van der Waals surface area contributed by atoms with Crippen LogP contribution in [0.5, 0.6) is 0 Å². The molecule has 0 saturated carbocycles. The van der Waals surface area contributed by atoms with Crippen LogP contribution >= 0.6 is 11.6 Å². The normalized spacial score (nSPS) is 14.8. The molecule has 0 amide bonds. The molecule has 1 aliphatic rings. The molecule has 0 atom stereocenters. The fourth-order valence-corrected chi connectivity index (χ4v) is 4.41. The molecule has 0 unspecified atom stereocenters. The second kappa shape index (κ2) is 4.62. The van der Waals surface area contributed by atoms with Crippen LogP contribution in [0.3, 0.4) is 0 Å². The maximum Gasteiger partial charge on any atom is 0.0412 e. The monoisotopic (exact) mass is 328 g/mol. The lowest BCUT2D eigenvalue weighted by Gasteiger charge is -2.21. The molecule has 0 bridgehead atoms. The van der Waals surface area contributed by atoms with E-state index in [0.717, 1.165) is 5.02 Å². The van der Waals surface area contributed by atoms with Gasteiger partial charge in [0.2, 0.25) is 0 Å². The van der Waals surface area contributed by atoms with Gasteiger partial charge in [0.05, 0.1) is 0 Å². The molecular formula is C23H17Cl. The second-order valence-corrected chi connectivity index (χ2v) is 7.66. The molecule has 0 spiro atoms. The molecule has 0 aliphatic heterocycles. The first-order valence-electron chi connectivity index (χ1n) is 8.32. The fraction of sp³-hybridized carbons (Fsp3) is 0.130. The number of rotatable bonds is 0. The molecule has 4 aromatic carbocycles. The third kappa shape index (κ3) is 1.75. The summed E-state index contributed by atoms with van der Waals surface area (Å²) in [4.78, 5) is 0. The van der Waals surface area contributed by atoms with Crippen molar-refractivity contribution < 1.29 is 0 Å². The Morgan fingerprint density at radius 2 is 1.42 bits per heavy atom. The zero-order chi connectivity index (χ0) is 16.5. The summed E-state index contributed by atoms with van der Waals surface area (Å²) >= 11 is 6.17. The highest BCUT2D eigenvalue weighted by molar-refractivity contribution is 6.31. The Morgan fingerprint density at radius 3 is 2.25 bits per heavy atom. The van der Waals surface area contributed by atoms with Crippen LogP contribution in [0.15, 0.2) is 66.7 Å². The van der Waals surface area contributed by atoms with Crippen molar-refractivity contribution in [3.8, 4) is 11.1 Å². The molecule has 1 aliphatic carbocycles. The third-order valence-corrected chi connectivity index (χ3v) is 5.73. The molecule has 116 valence electrons. The molecule has 0 saturated heterocycles. The molecule has 4 aromatic rings. The summed E-state index contributed by atoms with van der Waals surface area (Å²) in [5.41, 5.74) is 5.62. The number of halogens is 1. The van der Waals surface area contributed by atoms with Gasteiger partial charge in [-0.05, 0) is 68.1 Å². The van der Waals surface area contributed by atoms with E-state index in [1.807, 2.05) is 12.1 Å². The summed E-state index contributed by atoms with van der Waals surface area (Å²) in [5.74, 6) is 0. The van der Waals surface area contributed by atoms with Gasteiger partial charge in [-0.2, -0.15) is 0 Å². The Hall–Kier alpha value is -2.31. The molecule has 5 rings (SSSR count). The van der Waals surface area contributed by atoms with Crippen LogP contribution in [-0.4, -0.2) is 0 Å². The van der Waals surface area contributed by atoms with Gasteiger partial charge in [-0.3, -0.25) is 0 Å². The highest BCUT2D eigenvalue weighted by atomic mass is 35.5. The third-order valence-electron chi connectivity index (χ3n) is 5.50. The maximum absolute atomic E-state index is 6.17. The van der Waals surface area contributed by atoms with E-state index >= 15 is 0 Å². The SMILES string of the molecule is CC1(C)c2ccccc2-c2cc3c(ccc4cc(Cl)ccc43)cc21. The van der Waals surface area contributed by atoms with E-state index in [1.54, 1.807) is 0 Å². The zero-order valence-electron chi connectivity index (χ0n) is 13.7. The van der Waals surface area contributed by atoms with E-state index in [4.69, 9.17) is 11.6 Å². The van der Waals surface area contributed by atoms with Gasteiger partial charge in [-0.1, -0.05) is 67.9 Å².